The number of rotatable bonds is 8. The minimum absolute atomic E-state index is 0.0310. The van der Waals surface area contributed by atoms with Crippen molar-refractivity contribution in [3.63, 3.8) is 0 Å². The molecule has 1 amide bonds. The number of methoxy groups -OCH3 is 2. The highest BCUT2D eigenvalue weighted by molar-refractivity contribution is 5.94. The third-order valence-corrected chi connectivity index (χ3v) is 2.63. The number of amides is 1. The molecule has 0 N–H and O–H groups in total. The molecular weight excluding hydrogens is 251 g/mol. The molecule has 0 bridgehead atoms. The molecule has 0 aliphatic carbocycles. The van der Waals surface area contributed by atoms with Gasteiger partial charge < -0.3 is 14.4 Å². The van der Waals surface area contributed by atoms with Gasteiger partial charge in [0.05, 0.1) is 18.4 Å². The molecule has 1 rings (SSSR count). The molecule has 106 valence electrons. The summed E-state index contributed by atoms with van der Waals surface area (Å²) in [6, 6.07) is 1.38. The molecule has 0 aliphatic rings. The van der Waals surface area contributed by atoms with Crippen molar-refractivity contribution in [1.82, 2.24) is 9.88 Å². The molecule has 19 heavy (non-hydrogen) atoms. The van der Waals surface area contributed by atoms with Crippen LogP contribution >= 0.6 is 0 Å². The zero-order chi connectivity index (χ0) is 14.1. The summed E-state index contributed by atoms with van der Waals surface area (Å²) in [5, 5.41) is 0. The molecule has 0 aliphatic heterocycles. The van der Waals surface area contributed by atoms with E-state index in [4.69, 9.17) is 9.47 Å². The lowest BCUT2D eigenvalue weighted by Crippen LogP contribution is -2.35. The van der Waals surface area contributed by atoms with Gasteiger partial charge in [-0.15, -0.1) is 0 Å². The largest absolute Gasteiger partial charge is 0.385 e. The van der Waals surface area contributed by atoms with Crippen molar-refractivity contribution in [2.45, 2.75) is 6.42 Å². The number of hydrogen-bond acceptors (Lipinski definition) is 4. The van der Waals surface area contributed by atoms with Crippen LogP contribution in [0.5, 0.6) is 0 Å². The molecule has 0 saturated heterocycles. The molecule has 1 aromatic rings. The summed E-state index contributed by atoms with van der Waals surface area (Å²) in [7, 11) is 3.16. The summed E-state index contributed by atoms with van der Waals surface area (Å²) in [4.78, 5) is 17.4. The zero-order valence-electron chi connectivity index (χ0n) is 11.3. The van der Waals surface area contributed by atoms with Gasteiger partial charge in [0.15, 0.2) is 5.82 Å². The van der Waals surface area contributed by atoms with Crippen LogP contribution in [0.2, 0.25) is 0 Å². The number of ether oxygens (including phenoxy) is 2. The fourth-order valence-corrected chi connectivity index (χ4v) is 1.64. The number of aromatic nitrogens is 1. The van der Waals surface area contributed by atoms with Gasteiger partial charge in [0, 0.05) is 40.1 Å². The summed E-state index contributed by atoms with van der Waals surface area (Å²) >= 11 is 0. The van der Waals surface area contributed by atoms with Crippen molar-refractivity contribution < 1.29 is 18.7 Å². The van der Waals surface area contributed by atoms with Gasteiger partial charge in [0.1, 0.15) is 0 Å². The first-order valence-corrected chi connectivity index (χ1v) is 6.07. The second kappa shape index (κ2) is 8.55. The maximum Gasteiger partial charge on any atom is 0.257 e. The van der Waals surface area contributed by atoms with Crippen LogP contribution in [0.3, 0.4) is 0 Å². The Bertz CT molecular complexity index is 401. The van der Waals surface area contributed by atoms with E-state index < -0.39 is 5.82 Å². The number of hydrogen-bond donors (Lipinski definition) is 0. The van der Waals surface area contributed by atoms with Crippen LogP contribution in [-0.4, -0.2) is 56.3 Å². The van der Waals surface area contributed by atoms with Crippen LogP contribution in [0.1, 0.15) is 16.8 Å². The first-order valence-electron chi connectivity index (χ1n) is 6.07. The molecular formula is C13H19FN2O3. The Balaban J connectivity index is 2.72. The highest BCUT2D eigenvalue weighted by Crippen LogP contribution is 2.09. The highest BCUT2D eigenvalue weighted by atomic mass is 19.1. The summed E-state index contributed by atoms with van der Waals surface area (Å²) in [6.45, 7) is 1.87. The van der Waals surface area contributed by atoms with Crippen LogP contribution in [0.15, 0.2) is 18.5 Å². The Morgan fingerprint density at radius 2 is 2.05 bits per heavy atom. The Morgan fingerprint density at radius 1 is 1.32 bits per heavy atom. The van der Waals surface area contributed by atoms with E-state index in [1.165, 1.54) is 12.3 Å². The molecule has 1 heterocycles. The van der Waals surface area contributed by atoms with E-state index in [1.807, 2.05) is 0 Å². The van der Waals surface area contributed by atoms with E-state index in [2.05, 4.69) is 4.98 Å². The Morgan fingerprint density at radius 3 is 2.68 bits per heavy atom. The van der Waals surface area contributed by atoms with Crippen LogP contribution in [0.4, 0.5) is 4.39 Å². The molecule has 0 spiro atoms. The lowest BCUT2D eigenvalue weighted by atomic mass is 10.2. The van der Waals surface area contributed by atoms with Crippen molar-refractivity contribution in [3.8, 4) is 0 Å². The quantitative estimate of drug-likeness (QED) is 0.669. The molecule has 0 unspecified atom stereocenters. The van der Waals surface area contributed by atoms with E-state index in [9.17, 15) is 9.18 Å². The molecule has 0 atom stereocenters. The van der Waals surface area contributed by atoms with Gasteiger partial charge in [-0.25, -0.2) is 4.39 Å². The minimum Gasteiger partial charge on any atom is -0.385 e. The fraction of sp³-hybridized carbons (Fsp3) is 0.538. The first-order chi connectivity index (χ1) is 9.20. The summed E-state index contributed by atoms with van der Waals surface area (Å²) in [5.74, 6) is -0.963. The van der Waals surface area contributed by atoms with Gasteiger partial charge in [-0.1, -0.05) is 0 Å². The summed E-state index contributed by atoms with van der Waals surface area (Å²) in [6.07, 6.45) is 3.13. The van der Waals surface area contributed by atoms with Gasteiger partial charge in [0.2, 0.25) is 0 Å². The Labute approximate surface area is 112 Å². The number of pyridine rings is 1. The van der Waals surface area contributed by atoms with E-state index in [0.717, 1.165) is 6.20 Å². The standard InChI is InChI=1S/C13H19FN2O3/c1-18-8-3-6-16(7-9-19-2)13(17)11-4-5-15-10-12(11)14/h4-5,10H,3,6-9H2,1-2H3. The average molecular weight is 270 g/mol. The highest BCUT2D eigenvalue weighted by Gasteiger charge is 2.18. The Hall–Kier alpha value is -1.53. The second-order valence-electron chi connectivity index (χ2n) is 3.99. The maximum atomic E-state index is 13.5. The fourth-order valence-electron chi connectivity index (χ4n) is 1.64. The zero-order valence-corrected chi connectivity index (χ0v) is 11.3. The van der Waals surface area contributed by atoms with Crippen LogP contribution < -0.4 is 0 Å². The van der Waals surface area contributed by atoms with E-state index in [-0.39, 0.29) is 11.5 Å². The van der Waals surface area contributed by atoms with Crippen molar-refractivity contribution in [2.24, 2.45) is 0 Å². The van der Waals surface area contributed by atoms with Crippen molar-refractivity contribution >= 4 is 5.91 Å². The number of carbonyl (C=O) groups excluding carboxylic acids is 1. The average Bonchev–Trinajstić information content (AvgIpc) is 2.42. The normalized spacial score (nSPS) is 10.5. The van der Waals surface area contributed by atoms with Gasteiger partial charge in [-0.2, -0.15) is 0 Å². The predicted molar refractivity (Wildman–Crippen MR) is 68.5 cm³/mol. The van der Waals surface area contributed by atoms with Crippen molar-refractivity contribution in [2.75, 3.05) is 40.5 Å². The smallest absolute Gasteiger partial charge is 0.257 e. The summed E-state index contributed by atoms with van der Waals surface area (Å²) < 4.78 is 23.5. The lowest BCUT2D eigenvalue weighted by Gasteiger charge is -2.22. The third-order valence-electron chi connectivity index (χ3n) is 2.63. The number of carbonyl (C=O) groups is 1. The molecule has 0 radical (unpaired) electrons. The first kappa shape index (κ1) is 15.5. The SMILES string of the molecule is COCCCN(CCOC)C(=O)c1ccncc1F. The van der Waals surface area contributed by atoms with Gasteiger partial charge in [0.25, 0.3) is 5.91 Å². The summed E-state index contributed by atoms with van der Waals surface area (Å²) in [5.41, 5.74) is 0.0310. The second-order valence-corrected chi connectivity index (χ2v) is 3.99. The third kappa shape index (κ3) is 4.92. The van der Waals surface area contributed by atoms with Crippen molar-refractivity contribution in [3.05, 3.63) is 29.8 Å². The monoisotopic (exact) mass is 270 g/mol. The molecule has 6 heteroatoms. The van der Waals surface area contributed by atoms with E-state index >= 15 is 0 Å². The molecule has 5 nitrogen and oxygen atoms in total. The molecule has 0 fully saturated rings. The maximum absolute atomic E-state index is 13.5. The predicted octanol–water partition coefficient (Wildman–Crippen LogP) is 1.35. The Kier molecular flexibility index (Phi) is 6.99. The molecule has 1 aromatic heterocycles. The van der Waals surface area contributed by atoms with Gasteiger partial charge in [-0.3, -0.25) is 9.78 Å². The molecule has 0 aromatic carbocycles. The van der Waals surface area contributed by atoms with E-state index in [0.29, 0.717) is 32.7 Å². The lowest BCUT2D eigenvalue weighted by molar-refractivity contribution is 0.0669. The topological polar surface area (TPSA) is 51.7 Å². The van der Waals surface area contributed by atoms with E-state index in [1.54, 1.807) is 19.1 Å². The van der Waals surface area contributed by atoms with Crippen molar-refractivity contribution in [1.29, 1.82) is 0 Å². The molecule has 0 saturated carbocycles. The van der Waals surface area contributed by atoms with Gasteiger partial charge in [-0.05, 0) is 12.5 Å². The minimum atomic E-state index is -0.610. The number of halogens is 1. The van der Waals surface area contributed by atoms with Crippen LogP contribution in [0.25, 0.3) is 0 Å². The van der Waals surface area contributed by atoms with Gasteiger partial charge >= 0.3 is 0 Å². The van der Waals surface area contributed by atoms with Crippen LogP contribution in [-0.2, 0) is 9.47 Å². The number of nitrogens with zero attached hydrogens (tertiary/aromatic N) is 2. The van der Waals surface area contributed by atoms with Crippen LogP contribution in [0, 0.1) is 5.82 Å².